The fourth-order valence-corrected chi connectivity index (χ4v) is 15.5. The Morgan fingerprint density at radius 2 is 1.23 bits per heavy atom. The number of hydrogen-bond acceptors (Lipinski definition) is 3. The van der Waals surface area contributed by atoms with Crippen molar-refractivity contribution in [1.29, 1.82) is 0 Å². The first kappa shape index (κ1) is 26.7. The Balaban J connectivity index is 0.00000141. The average molecular weight is 538 g/mol. The molecular weight excluding hydrogens is 500 g/mol. The van der Waals surface area contributed by atoms with E-state index in [-0.39, 0.29) is 8.07 Å². The van der Waals surface area contributed by atoms with E-state index in [1.165, 1.54) is 43.4 Å². The van der Waals surface area contributed by atoms with Gasteiger partial charge in [0, 0.05) is 27.1 Å². The molecule has 0 N–H and O–H groups in total. The lowest BCUT2D eigenvalue weighted by atomic mass is 10.0. The quantitative estimate of drug-likeness (QED) is 0.192. The molecule has 2 aromatic heterocycles. The highest BCUT2D eigenvalue weighted by Gasteiger charge is 2.44. The van der Waals surface area contributed by atoms with Gasteiger partial charge in [0.1, 0.15) is 0 Å². The molecule has 2 atom stereocenters. The molecule has 1 aliphatic rings. The van der Waals surface area contributed by atoms with Gasteiger partial charge < -0.3 is 0 Å². The third kappa shape index (κ3) is 6.33. The minimum absolute atomic E-state index is 0.373. The van der Waals surface area contributed by atoms with E-state index in [1.807, 2.05) is 36.5 Å². The van der Waals surface area contributed by atoms with Crippen molar-refractivity contribution < 1.29 is 0 Å². The normalized spacial score (nSPS) is 18.1. The van der Waals surface area contributed by atoms with E-state index in [4.69, 9.17) is 0 Å². The van der Waals surface area contributed by atoms with Crippen molar-refractivity contribution >= 4 is 48.1 Å². The predicted octanol–water partition coefficient (Wildman–Crippen LogP) is 9.96. The van der Waals surface area contributed by atoms with Gasteiger partial charge in [-0.05, 0) is 61.4 Å². The van der Waals surface area contributed by atoms with Crippen molar-refractivity contribution in [3.05, 3.63) is 107 Å². The molecule has 1 fully saturated rings. The standard InChI is InChI=1S/C28H31NP2S2.C2H6/c1-2-3-20-29(31(27-16-10-21-32-27)28-17-11-22-33-28)30-25(23-12-6-4-7-13-23)18-19-26(30)24-14-8-5-9-15-24;1-2/h4-17,21-22,25-26H,2-3,18-20H2,1H3;1-2H3/t25-,26-;/m1./s1. The molecule has 5 heteroatoms. The second-order valence-electron chi connectivity index (χ2n) is 8.47. The van der Waals surface area contributed by atoms with Crippen LogP contribution in [0.1, 0.15) is 68.9 Å². The predicted molar refractivity (Wildman–Crippen MR) is 162 cm³/mol. The van der Waals surface area contributed by atoms with E-state index >= 15 is 0 Å². The zero-order chi connectivity index (χ0) is 24.5. The molecule has 2 aromatic carbocycles. The Labute approximate surface area is 222 Å². The molecule has 4 aromatic rings. The van der Waals surface area contributed by atoms with Crippen LogP contribution < -0.4 is 9.24 Å². The molecule has 0 unspecified atom stereocenters. The summed E-state index contributed by atoms with van der Waals surface area (Å²) in [4.78, 5) is 0. The molecule has 184 valence electrons. The van der Waals surface area contributed by atoms with Gasteiger partial charge in [-0.1, -0.05) is 100.0 Å². The summed E-state index contributed by atoms with van der Waals surface area (Å²) < 4.78 is 6.13. The van der Waals surface area contributed by atoms with Gasteiger partial charge in [0.25, 0.3) is 0 Å². The molecule has 5 rings (SSSR count). The second-order valence-corrected chi connectivity index (χ2v) is 15.8. The van der Waals surface area contributed by atoms with Gasteiger partial charge >= 0.3 is 0 Å². The Morgan fingerprint density at radius 3 is 1.63 bits per heavy atom. The number of unbranched alkanes of at least 4 members (excludes halogenated alkanes) is 1. The SMILES string of the molecule is CC.CCCCN(P(c1cccs1)c1cccs1)P1[C@@H](c2ccccc2)CC[C@@H]1c1ccccc1. The van der Waals surface area contributed by atoms with E-state index in [0.29, 0.717) is 11.3 Å². The Hall–Kier alpha value is -1.34. The molecule has 3 heterocycles. The summed E-state index contributed by atoms with van der Waals surface area (Å²) in [6.45, 7) is 7.53. The Bertz CT molecular complexity index is 1000. The summed E-state index contributed by atoms with van der Waals surface area (Å²) in [6, 6.07) is 32.0. The van der Waals surface area contributed by atoms with Crippen molar-refractivity contribution in [2.24, 2.45) is 0 Å². The van der Waals surface area contributed by atoms with Crippen molar-refractivity contribution in [3.8, 4) is 0 Å². The molecule has 1 saturated heterocycles. The molecule has 0 radical (unpaired) electrons. The van der Waals surface area contributed by atoms with Crippen molar-refractivity contribution in [2.45, 2.75) is 57.8 Å². The van der Waals surface area contributed by atoms with Gasteiger partial charge in [0.2, 0.25) is 0 Å². The smallest absolute Gasteiger partial charge is 0.0526 e. The molecule has 0 spiro atoms. The highest BCUT2D eigenvalue weighted by atomic mass is 32.1. The molecular formula is C30H37NP2S2. The number of benzene rings is 2. The van der Waals surface area contributed by atoms with Crippen LogP contribution in [-0.2, 0) is 0 Å². The van der Waals surface area contributed by atoms with Crippen LogP contribution in [0.2, 0.25) is 0 Å². The summed E-state index contributed by atoms with van der Waals surface area (Å²) in [5.41, 5.74) is 4.34. The second kappa shape index (κ2) is 13.8. The van der Waals surface area contributed by atoms with E-state index in [1.54, 1.807) is 9.24 Å². The van der Waals surface area contributed by atoms with Crippen molar-refractivity contribution in [2.75, 3.05) is 6.54 Å². The highest BCUT2D eigenvalue weighted by Crippen LogP contribution is 2.76. The van der Waals surface area contributed by atoms with E-state index < -0.39 is 8.07 Å². The third-order valence-electron chi connectivity index (χ3n) is 6.36. The van der Waals surface area contributed by atoms with Gasteiger partial charge in [-0.2, -0.15) is 0 Å². The van der Waals surface area contributed by atoms with Gasteiger partial charge in [-0.3, -0.25) is 4.44 Å². The summed E-state index contributed by atoms with van der Waals surface area (Å²) in [5, 5.41) is 4.53. The maximum atomic E-state index is 3.02. The number of hydrogen-bond donors (Lipinski definition) is 0. The first-order valence-corrected chi connectivity index (χ1v) is 17.4. The monoisotopic (exact) mass is 537 g/mol. The Kier molecular flexibility index (Phi) is 10.6. The maximum Gasteiger partial charge on any atom is 0.0526 e. The van der Waals surface area contributed by atoms with Crippen LogP contribution in [0.4, 0.5) is 0 Å². The molecule has 0 saturated carbocycles. The van der Waals surface area contributed by atoms with Crippen LogP contribution in [0.15, 0.2) is 95.7 Å². The molecule has 0 bridgehead atoms. The molecule has 1 nitrogen and oxygen atoms in total. The van der Waals surface area contributed by atoms with Gasteiger partial charge in [-0.25, -0.2) is 0 Å². The first-order valence-electron chi connectivity index (χ1n) is 12.9. The average Bonchev–Trinajstić information content (AvgIpc) is 3.71. The van der Waals surface area contributed by atoms with Crippen LogP contribution in [0.5, 0.6) is 0 Å². The molecule has 35 heavy (non-hydrogen) atoms. The van der Waals surface area contributed by atoms with Crippen LogP contribution in [0, 0.1) is 0 Å². The fourth-order valence-electron chi connectivity index (χ4n) is 4.84. The topological polar surface area (TPSA) is 3.24 Å². The summed E-state index contributed by atoms with van der Waals surface area (Å²) in [6.07, 6.45) is 5.08. The number of rotatable bonds is 9. The lowest BCUT2D eigenvalue weighted by Gasteiger charge is -2.41. The number of thiophene rings is 2. The highest BCUT2D eigenvalue weighted by molar-refractivity contribution is 7.85. The first-order chi connectivity index (χ1) is 17.4. The van der Waals surface area contributed by atoms with Gasteiger partial charge in [-0.15, -0.1) is 22.7 Å². The third-order valence-corrected chi connectivity index (χ3v) is 15.4. The van der Waals surface area contributed by atoms with E-state index in [0.717, 1.165) is 0 Å². The minimum Gasteiger partial charge on any atom is -0.250 e. The van der Waals surface area contributed by atoms with E-state index in [2.05, 4.69) is 107 Å². The zero-order valence-corrected chi connectivity index (χ0v) is 24.5. The number of nitrogens with zero attached hydrogens (tertiary/aromatic N) is 1. The fraction of sp³-hybridized carbons (Fsp3) is 0.333. The van der Waals surface area contributed by atoms with Gasteiger partial charge in [0.15, 0.2) is 0 Å². The summed E-state index contributed by atoms with van der Waals surface area (Å²) >= 11 is 3.90. The summed E-state index contributed by atoms with van der Waals surface area (Å²) in [5.74, 6) is 0. The Morgan fingerprint density at radius 1 is 0.743 bits per heavy atom. The van der Waals surface area contributed by atoms with Crippen LogP contribution in [0.3, 0.4) is 0 Å². The van der Waals surface area contributed by atoms with Crippen molar-refractivity contribution in [1.82, 2.24) is 4.44 Å². The van der Waals surface area contributed by atoms with Crippen LogP contribution in [0.25, 0.3) is 0 Å². The van der Waals surface area contributed by atoms with Crippen LogP contribution >= 0.6 is 38.8 Å². The lowest BCUT2D eigenvalue weighted by Crippen LogP contribution is -2.25. The largest absolute Gasteiger partial charge is 0.250 e. The zero-order valence-electron chi connectivity index (χ0n) is 21.1. The molecule has 0 aliphatic carbocycles. The van der Waals surface area contributed by atoms with E-state index in [9.17, 15) is 0 Å². The van der Waals surface area contributed by atoms with Gasteiger partial charge in [0.05, 0.1) is 8.07 Å². The maximum absolute atomic E-state index is 3.02. The summed E-state index contributed by atoms with van der Waals surface area (Å²) in [7, 11) is -0.871. The lowest BCUT2D eigenvalue weighted by molar-refractivity contribution is 0.632. The van der Waals surface area contributed by atoms with Crippen molar-refractivity contribution in [3.63, 3.8) is 0 Å². The molecule has 1 aliphatic heterocycles. The molecule has 0 amide bonds. The van der Waals surface area contributed by atoms with Crippen LogP contribution in [-0.4, -0.2) is 11.0 Å². The minimum atomic E-state index is -0.498.